The highest BCUT2D eigenvalue weighted by Crippen LogP contribution is 2.38. The molecule has 0 saturated carbocycles. The number of hydrogen-bond acceptors (Lipinski definition) is 5. The predicted octanol–water partition coefficient (Wildman–Crippen LogP) is 2.02. The fraction of sp³-hybridized carbons (Fsp3) is 0.222. The SMILES string of the molecule is COc1cc(C(=O)NNC(=S)NCc2ccccc2)cc(OC)c1OC. The number of rotatable bonds is 6. The smallest absolute Gasteiger partial charge is 0.269 e. The van der Waals surface area contributed by atoms with Gasteiger partial charge in [-0.25, -0.2) is 0 Å². The standard InChI is InChI=1S/C18H21N3O4S/c1-23-14-9-13(10-15(24-2)16(14)25-3)17(22)20-21-18(26)19-11-12-7-5-4-6-8-12/h4-10H,11H2,1-3H3,(H,20,22)(H2,19,21,26). The molecule has 0 atom stereocenters. The van der Waals surface area contributed by atoms with Gasteiger partial charge in [-0.15, -0.1) is 0 Å². The number of hydrogen-bond donors (Lipinski definition) is 3. The van der Waals surface area contributed by atoms with E-state index in [2.05, 4.69) is 16.2 Å². The summed E-state index contributed by atoms with van der Waals surface area (Å²) < 4.78 is 15.7. The fourth-order valence-electron chi connectivity index (χ4n) is 2.22. The van der Waals surface area contributed by atoms with Gasteiger partial charge in [0.2, 0.25) is 5.75 Å². The van der Waals surface area contributed by atoms with Crippen molar-refractivity contribution in [3.63, 3.8) is 0 Å². The van der Waals surface area contributed by atoms with Crippen LogP contribution in [0, 0.1) is 0 Å². The van der Waals surface area contributed by atoms with Crippen LogP contribution in [0.2, 0.25) is 0 Å². The van der Waals surface area contributed by atoms with Gasteiger partial charge >= 0.3 is 0 Å². The molecule has 0 aliphatic carbocycles. The summed E-state index contributed by atoms with van der Waals surface area (Å²) in [5, 5.41) is 3.31. The van der Waals surface area contributed by atoms with Crippen molar-refractivity contribution in [1.29, 1.82) is 0 Å². The summed E-state index contributed by atoms with van der Waals surface area (Å²) in [6, 6.07) is 12.9. The van der Waals surface area contributed by atoms with Crippen LogP contribution in [0.3, 0.4) is 0 Å². The Balaban J connectivity index is 1.95. The summed E-state index contributed by atoms with van der Waals surface area (Å²) in [4.78, 5) is 12.3. The maximum atomic E-state index is 12.3. The first-order chi connectivity index (χ1) is 12.6. The Hall–Kier alpha value is -3.00. The van der Waals surface area contributed by atoms with Crippen LogP contribution in [0.5, 0.6) is 17.2 Å². The molecular formula is C18H21N3O4S. The zero-order valence-electron chi connectivity index (χ0n) is 14.8. The Morgan fingerprint density at radius 3 is 2.12 bits per heavy atom. The first-order valence-electron chi connectivity index (χ1n) is 7.77. The molecule has 8 heteroatoms. The predicted molar refractivity (Wildman–Crippen MR) is 103 cm³/mol. The number of amides is 1. The minimum absolute atomic E-state index is 0.301. The van der Waals surface area contributed by atoms with Crippen LogP contribution in [0.1, 0.15) is 15.9 Å². The molecule has 7 nitrogen and oxygen atoms in total. The summed E-state index contributed by atoms with van der Waals surface area (Å²) in [5.74, 6) is 0.802. The molecule has 138 valence electrons. The summed E-state index contributed by atoms with van der Waals surface area (Å²) in [7, 11) is 4.47. The molecule has 1 amide bonds. The summed E-state index contributed by atoms with van der Waals surface area (Å²) in [5.41, 5.74) is 6.60. The van der Waals surface area contributed by atoms with Crippen LogP contribution in [0.25, 0.3) is 0 Å². The number of ether oxygens (including phenoxy) is 3. The Kier molecular flexibility index (Phi) is 7.04. The van der Waals surface area contributed by atoms with Crippen molar-refractivity contribution in [3.8, 4) is 17.2 Å². The lowest BCUT2D eigenvalue weighted by Crippen LogP contribution is -2.46. The molecule has 2 aromatic carbocycles. The maximum Gasteiger partial charge on any atom is 0.269 e. The second kappa shape index (κ2) is 9.47. The van der Waals surface area contributed by atoms with Crippen LogP contribution in [-0.2, 0) is 6.54 Å². The van der Waals surface area contributed by atoms with Crippen LogP contribution in [0.15, 0.2) is 42.5 Å². The van der Waals surface area contributed by atoms with E-state index in [1.54, 1.807) is 12.1 Å². The van der Waals surface area contributed by atoms with Gasteiger partial charge in [0.1, 0.15) is 0 Å². The van der Waals surface area contributed by atoms with Crippen molar-refractivity contribution in [1.82, 2.24) is 16.2 Å². The molecule has 3 N–H and O–H groups in total. The molecular weight excluding hydrogens is 354 g/mol. The molecule has 0 fully saturated rings. The molecule has 0 unspecified atom stereocenters. The largest absolute Gasteiger partial charge is 0.493 e. The lowest BCUT2D eigenvalue weighted by molar-refractivity contribution is 0.0943. The number of hydrazine groups is 1. The minimum Gasteiger partial charge on any atom is -0.493 e. The molecule has 26 heavy (non-hydrogen) atoms. The molecule has 0 bridgehead atoms. The molecule has 0 aromatic heterocycles. The van der Waals surface area contributed by atoms with E-state index in [9.17, 15) is 4.79 Å². The number of benzene rings is 2. The van der Waals surface area contributed by atoms with Gasteiger partial charge in [0.05, 0.1) is 21.3 Å². The fourth-order valence-corrected chi connectivity index (χ4v) is 2.34. The number of methoxy groups -OCH3 is 3. The van der Waals surface area contributed by atoms with Gasteiger partial charge in [-0.3, -0.25) is 15.6 Å². The Morgan fingerprint density at radius 2 is 1.58 bits per heavy atom. The van der Waals surface area contributed by atoms with E-state index in [-0.39, 0.29) is 0 Å². The third kappa shape index (κ3) is 5.00. The lowest BCUT2D eigenvalue weighted by atomic mass is 10.1. The first-order valence-corrected chi connectivity index (χ1v) is 8.18. The number of carbonyl (C=O) groups excluding carboxylic acids is 1. The summed E-state index contributed by atoms with van der Waals surface area (Å²) in [6.45, 7) is 0.548. The summed E-state index contributed by atoms with van der Waals surface area (Å²) >= 11 is 5.15. The van der Waals surface area contributed by atoms with Crippen LogP contribution in [0.4, 0.5) is 0 Å². The lowest BCUT2D eigenvalue weighted by Gasteiger charge is -2.15. The molecule has 2 aromatic rings. The third-order valence-electron chi connectivity index (χ3n) is 3.51. The topological polar surface area (TPSA) is 80.9 Å². The van der Waals surface area contributed by atoms with Crippen LogP contribution < -0.4 is 30.4 Å². The molecule has 0 radical (unpaired) electrons. The average molecular weight is 375 g/mol. The normalized spacial score (nSPS) is 9.81. The van der Waals surface area contributed by atoms with Gasteiger partial charge in [0, 0.05) is 12.1 Å². The number of carbonyl (C=O) groups is 1. The van der Waals surface area contributed by atoms with Crippen LogP contribution in [-0.4, -0.2) is 32.3 Å². The van der Waals surface area contributed by atoms with Gasteiger partial charge in [-0.05, 0) is 29.9 Å². The molecule has 0 heterocycles. The van der Waals surface area contributed by atoms with Crippen molar-refractivity contribution in [2.75, 3.05) is 21.3 Å². The van der Waals surface area contributed by atoms with Crippen molar-refractivity contribution < 1.29 is 19.0 Å². The van der Waals surface area contributed by atoms with Gasteiger partial charge in [0.25, 0.3) is 5.91 Å². The molecule has 0 aliphatic heterocycles. The number of nitrogens with one attached hydrogen (secondary N) is 3. The quantitative estimate of drug-likeness (QED) is 0.526. The highest BCUT2D eigenvalue weighted by Gasteiger charge is 2.17. The van der Waals surface area contributed by atoms with Gasteiger partial charge in [0.15, 0.2) is 16.6 Å². The summed E-state index contributed by atoms with van der Waals surface area (Å²) in [6.07, 6.45) is 0. The molecule has 2 rings (SSSR count). The van der Waals surface area contributed by atoms with Crippen LogP contribution >= 0.6 is 12.2 Å². The highest BCUT2D eigenvalue weighted by atomic mass is 32.1. The highest BCUT2D eigenvalue weighted by molar-refractivity contribution is 7.80. The van der Waals surface area contributed by atoms with Gasteiger partial charge < -0.3 is 19.5 Å². The van der Waals surface area contributed by atoms with E-state index in [4.69, 9.17) is 26.4 Å². The van der Waals surface area contributed by atoms with E-state index < -0.39 is 5.91 Å². The molecule has 0 aliphatic rings. The second-order valence-corrected chi connectivity index (χ2v) is 5.57. The van der Waals surface area contributed by atoms with E-state index >= 15 is 0 Å². The van der Waals surface area contributed by atoms with E-state index in [1.165, 1.54) is 21.3 Å². The maximum absolute atomic E-state index is 12.3. The van der Waals surface area contributed by atoms with Gasteiger partial charge in [-0.1, -0.05) is 30.3 Å². The average Bonchev–Trinajstić information content (AvgIpc) is 2.69. The zero-order chi connectivity index (χ0) is 18.9. The number of thiocarbonyl (C=S) groups is 1. The van der Waals surface area contributed by atoms with E-state index in [1.807, 2.05) is 30.3 Å². The Bertz CT molecular complexity index is 743. The Labute approximate surface area is 157 Å². The van der Waals surface area contributed by atoms with Crippen molar-refractivity contribution in [2.45, 2.75) is 6.54 Å². The van der Waals surface area contributed by atoms with Crippen molar-refractivity contribution in [3.05, 3.63) is 53.6 Å². The monoisotopic (exact) mass is 375 g/mol. The van der Waals surface area contributed by atoms with Crippen molar-refractivity contribution >= 4 is 23.2 Å². The molecule has 0 saturated heterocycles. The molecule has 0 spiro atoms. The van der Waals surface area contributed by atoms with E-state index in [0.717, 1.165) is 5.56 Å². The van der Waals surface area contributed by atoms with E-state index in [0.29, 0.717) is 34.5 Å². The van der Waals surface area contributed by atoms with Gasteiger partial charge in [-0.2, -0.15) is 0 Å². The second-order valence-electron chi connectivity index (χ2n) is 5.16. The van der Waals surface area contributed by atoms with Crippen molar-refractivity contribution in [2.24, 2.45) is 0 Å². The Morgan fingerprint density at radius 1 is 0.962 bits per heavy atom. The minimum atomic E-state index is -0.395. The first kappa shape index (κ1) is 19.3. The third-order valence-corrected chi connectivity index (χ3v) is 3.76. The zero-order valence-corrected chi connectivity index (χ0v) is 15.6.